The van der Waals surface area contributed by atoms with E-state index >= 15 is 0 Å². The minimum Gasteiger partial charge on any atom is -0.348 e. The lowest BCUT2D eigenvalue weighted by atomic mass is 10.1. The van der Waals surface area contributed by atoms with Crippen molar-refractivity contribution in [1.29, 1.82) is 0 Å². The number of hydrogen-bond acceptors (Lipinski definition) is 5. The van der Waals surface area contributed by atoms with Crippen LogP contribution < -0.4 is 9.62 Å². The minimum atomic E-state index is -4.01. The average molecular weight is 501 g/mol. The van der Waals surface area contributed by atoms with Crippen LogP contribution in [-0.2, 0) is 24.7 Å². The third-order valence-corrected chi connectivity index (χ3v) is 8.55. The van der Waals surface area contributed by atoms with E-state index in [0.717, 1.165) is 21.7 Å². The highest BCUT2D eigenvalue weighted by molar-refractivity contribution is 7.93. The average Bonchev–Trinajstić information content (AvgIpc) is 2.79. The van der Waals surface area contributed by atoms with Gasteiger partial charge in [0.1, 0.15) is 6.54 Å². The topological polar surface area (TPSA) is 101 Å². The van der Waals surface area contributed by atoms with E-state index in [4.69, 9.17) is 0 Å². The number of benzene rings is 3. The molecule has 1 N–H and O–H groups in total. The maximum Gasteiger partial charge on any atom is 0.264 e. The number of sulfonamides is 1. The lowest BCUT2D eigenvalue weighted by Gasteiger charge is -2.27. The Morgan fingerprint density at radius 1 is 0.853 bits per heavy atom. The molecule has 0 heterocycles. The van der Waals surface area contributed by atoms with Gasteiger partial charge in [0.05, 0.1) is 21.5 Å². The molecule has 0 spiro atoms. The highest BCUT2D eigenvalue weighted by atomic mass is 32.2. The molecule has 0 bridgehead atoms. The van der Waals surface area contributed by atoms with Crippen LogP contribution in [0, 0.1) is 13.8 Å². The van der Waals surface area contributed by atoms with Gasteiger partial charge in [0, 0.05) is 6.26 Å². The highest BCUT2D eigenvalue weighted by Crippen LogP contribution is 2.28. The molecule has 0 aliphatic heterocycles. The molecule has 7 nitrogen and oxygen atoms in total. The second-order valence-corrected chi connectivity index (χ2v) is 12.1. The number of carbonyl (C=O) groups excluding carboxylic acids is 1. The van der Waals surface area contributed by atoms with E-state index in [2.05, 4.69) is 5.32 Å². The van der Waals surface area contributed by atoms with Crippen LogP contribution in [0.3, 0.4) is 0 Å². The first-order valence-corrected chi connectivity index (χ1v) is 14.0. The number of nitrogens with one attached hydrogen (secondary N) is 1. The Labute approximate surface area is 201 Å². The highest BCUT2D eigenvalue weighted by Gasteiger charge is 2.29. The Balaban J connectivity index is 1.89. The lowest BCUT2D eigenvalue weighted by molar-refractivity contribution is -0.120. The Bertz CT molecular complexity index is 1380. The fourth-order valence-corrected chi connectivity index (χ4v) is 5.66. The van der Waals surface area contributed by atoms with Crippen molar-refractivity contribution in [3.8, 4) is 0 Å². The predicted octanol–water partition coefficient (Wildman–Crippen LogP) is 3.78. The van der Waals surface area contributed by atoms with Gasteiger partial charge in [0.25, 0.3) is 10.0 Å². The van der Waals surface area contributed by atoms with Crippen molar-refractivity contribution < 1.29 is 21.6 Å². The summed E-state index contributed by atoms with van der Waals surface area (Å²) in [5, 5.41) is 2.82. The number of sulfone groups is 1. The molecule has 9 heteroatoms. The van der Waals surface area contributed by atoms with Crippen molar-refractivity contribution in [3.63, 3.8) is 0 Å². The van der Waals surface area contributed by atoms with Gasteiger partial charge < -0.3 is 5.32 Å². The Morgan fingerprint density at radius 2 is 1.47 bits per heavy atom. The molecule has 0 saturated heterocycles. The van der Waals surface area contributed by atoms with Gasteiger partial charge in [-0.3, -0.25) is 9.10 Å². The summed E-state index contributed by atoms with van der Waals surface area (Å²) in [4.78, 5) is 13.3. The zero-order valence-corrected chi connectivity index (χ0v) is 21.2. The van der Waals surface area contributed by atoms with E-state index in [9.17, 15) is 21.6 Å². The summed E-state index contributed by atoms with van der Waals surface area (Å²) in [5.41, 5.74) is 2.80. The fraction of sp³-hybridized carbons (Fsp3) is 0.240. The van der Waals surface area contributed by atoms with Crippen LogP contribution >= 0.6 is 0 Å². The number of nitrogens with zero attached hydrogens (tertiary/aromatic N) is 1. The van der Waals surface area contributed by atoms with Crippen LogP contribution in [-0.4, -0.2) is 35.5 Å². The number of hydrogen-bond donors (Lipinski definition) is 1. The quantitative estimate of drug-likeness (QED) is 0.507. The number of amides is 1. The SMILES string of the molecule is Cc1cccc(N(CC(=O)N[C@@H](C)c2ccc(S(C)(=O)=O)cc2)S(=O)(=O)c2ccccc2)c1C. The van der Waals surface area contributed by atoms with Gasteiger partial charge in [0.15, 0.2) is 9.84 Å². The summed E-state index contributed by atoms with van der Waals surface area (Å²) in [7, 11) is -7.33. The van der Waals surface area contributed by atoms with Gasteiger partial charge >= 0.3 is 0 Å². The van der Waals surface area contributed by atoms with Gasteiger partial charge in [0.2, 0.25) is 5.91 Å². The van der Waals surface area contributed by atoms with Gasteiger partial charge in [-0.1, -0.05) is 42.5 Å². The molecule has 1 amide bonds. The van der Waals surface area contributed by atoms with E-state index < -0.39 is 38.4 Å². The molecule has 0 aliphatic rings. The van der Waals surface area contributed by atoms with E-state index in [1.165, 1.54) is 24.3 Å². The third-order valence-electron chi connectivity index (χ3n) is 5.65. The van der Waals surface area contributed by atoms with Crippen LogP contribution in [0.2, 0.25) is 0 Å². The summed E-state index contributed by atoms with van der Waals surface area (Å²) >= 11 is 0. The molecule has 0 unspecified atom stereocenters. The second-order valence-electron chi connectivity index (χ2n) is 8.17. The molecular weight excluding hydrogens is 472 g/mol. The predicted molar refractivity (Wildman–Crippen MR) is 133 cm³/mol. The normalized spacial score (nSPS) is 12.7. The lowest BCUT2D eigenvalue weighted by Crippen LogP contribution is -2.42. The first-order valence-electron chi connectivity index (χ1n) is 10.6. The molecule has 3 aromatic rings. The van der Waals surface area contributed by atoms with E-state index in [1.807, 2.05) is 19.9 Å². The van der Waals surface area contributed by atoms with Crippen LogP contribution in [0.25, 0.3) is 0 Å². The van der Waals surface area contributed by atoms with Crippen molar-refractivity contribution in [2.45, 2.75) is 36.6 Å². The monoisotopic (exact) mass is 500 g/mol. The summed E-state index contributed by atoms with van der Waals surface area (Å²) in [6.45, 7) is 5.05. The minimum absolute atomic E-state index is 0.0909. The van der Waals surface area contributed by atoms with E-state index in [-0.39, 0.29) is 9.79 Å². The number of carbonyl (C=O) groups is 1. The van der Waals surface area contributed by atoms with Gasteiger partial charge in [-0.05, 0) is 67.8 Å². The fourth-order valence-electron chi connectivity index (χ4n) is 3.53. The molecule has 1 atom stereocenters. The molecule has 0 aromatic heterocycles. The molecule has 180 valence electrons. The molecule has 3 aromatic carbocycles. The summed E-state index contributed by atoms with van der Waals surface area (Å²) < 4.78 is 51.5. The number of anilines is 1. The number of rotatable bonds is 8. The Hall–Kier alpha value is -3.17. The van der Waals surface area contributed by atoms with E-state index in [0.29, 0.717) is 11.3 Å². The molecule has 34 heavy (non-hydrogen) atoms. The maximum atomic E-state index is 13.5. The van der Waals surface area contributed by atoms with Crippen LogP contribution in [0.1, 0.15) is 29.7 Å². The molecular formula is C25H28N2O5S2. The summed E-state index contributed by atoms with van der Waals surface area (Å²) in [6, 6.07) is 19.1. The summed E-state index contributed by atoms with van der Waals surface area (Å²) in [5.74, 6) is -0.486. The first kappa shape index (κ1) is 25.5. The van der Waals surface area contributed by atoms with Gasteiger partial charge in [-0.15, -0.1) is 0 Å². The molecule has 0 fully saturated rings. The van der Waals surface area contributed by atoms with Crippen molar-refractivity contribution >= 4 is 31.5 Å². The van der Waals surface area contributed by atoms with Gasteiger partial charge in [-0.2, -0.15) is 0 Å². The molecule has 0 aliphatic carbocycles. The Morgan fingerprint density at radius 3 is 2.06 bits per heavy atom. The van der Waals surface area contributed by atoms with Crippen molar-refractivity contribution in [2.75, 3.05) is 17.1 Å². The van der Waals surface area contributed by atoms with Crippen LogP contribution in [0.15, 0.2) is 82.6 Å². The largest absolute Gasteiger partial charge is 0.348 e. The third kappa shape index (κ3) is 5.66. The number of aryl methyl sites for hydroxylation is 1. The second kappa shape index (κ2) is 9.99. The standard InChI is InChI=1S/C25H28N2O5S2/c1-18-9-8-12-24(19(18)2)27(34(31,32)23-10-6-5-7-11-23)17-25(28)26-20(3)21-13-15-22(16-14-21)33(4,29)30/h5-16,20H,17H2,1-4H3,(H,26,28)/t20-/m0/s1. The van der Waals surface area contributed by atoms with Crippen molar-refractivity contribution in [3.05, 3.63) is 89.5 Å². The van der Waals surface area contributed by atoms with Crippen molar-refractivity contribution in [1.82, 2.24) is 5.32 Å². The van der Waals surface area contributed by atoms with Crippen LogP contribution in [0.5, 0.6) is 0 Å². The van der Waals surface area contributed by atoms with Gasteiger partial charge in [-0.25, -0.2) is 16.8 Å². The Kier molecular flexibility index (Phi) is 7.48. The van der Waals surface area contributed by atoms with Crippen LogP contribution in [0.4, 0.5) is 5.69 Å². The molecule has 3 rings (SSSR count). The summed E-state index contributed by atoms with van der Waals surface area (Å²) in [6.07, 6.45) is 1.13. The van der Waals surface area contributed by atoms with Crippen molar-refractivity contribution in [2.24, 2.45) is 0 Å². The molecule has 0 saturated carbocycles. The first-order chi connectivity index (χ1) is 15.9. The molecule has 0 radical (unpaired) electrons. The zero-order valence-electron chi connectivity index (χ0n) is 19.5. The zero-order chi connectivity index (χ0) is 25.1. The smallest absolute Gasteiger partial charge is 0.264 e. The maximum absolute atomic E-state index is 13.5. The van der Waals surface area contributed by atoms with E-state index in [1.54, 1.807) is 49.4 Å².